The smallest absolute Gasteiger partial charge is 0.0501 e. The van der Waals surface area contributed by atoms with Crippen LogP contribution in [0.25, 0.3) is 16.6 Å². The van der Waals surface area contributed by atoms with E-state index in [1.807, 2.05) is 6.07 Å². The van der Waals surface area contributed by atoms with Crippen molar-refractivity contribution in [3.63, 3.8) is 0 Å². The Balaban J connectivity index is 2.13. The predicted octanol–water partition coefficient (Wildman–Crippen LogP) is 4.19. The minimum Gasteiger partial charge on any atom is -0.326 e. The lowest BCUT2D eigenvalue weighted by molar-refractivity contribution is 0.867. The molecule has 2 N–H and O–H groups in total. The number of aromatic nitrogens is 1. The van der Waals surface area contributed by atoms with Crippen LogP contribution in [-0.4, -0.2) is 4.40 Å². The second kappa shape index (κ2) is 5.14. The van der Waals surface area contributed by atoms with Crippen LogP contribution in [0.3, 0.4) is 0 Å². The highest BCUT2D eigenvalue weighted by Gasteiger charge is 2.11. The number of nitrogens with zero attached hydrogens (tertiary/aromatic N) is 1. The van der Waals surface area contributed by atoms with Gasteiger partial charge in [-0.1, -0.05) is 44.2 Å². The van der Waals surface area contributed by atoms with Gasteiger partial charge in [0.2, 0.25) is 0 Å². The Bertz CT molecular complexity index is 721. The summed E-state index contributed by atoms with van der Waals surface area (Å²) in [5.74, 6) is 0.561. The molecule has 2 heteroatoms. The minimum absolute atomic E-state index is 0.557. The maximum absolute atomic E-state index is 5.96. The van der Waals surface area contributed by atoms with Gasteiger partial charge in [-0.25, -0.2) is 0 Å². The Kier molecular flexibility index (Phi) is 3.33. The maximum Gasteiger partial charge on any atom is 0.0501 e. The molecule has 0 aliphatic heterocycles. The van der Waals surface area contributed by atoms with E-state index in [-0.39, 0.29) is 0 Å². The van der Waals surface area contributed by atoms with E-state index in [0.29, 0.717) is 12.5 Å². The van der Waals surface area contributed by atoms with E-state index in [0.717, 1.165) is 0 Å². The molecule has 0 saturated heterocycles. The van der Waals surface area contributed by atoms with Crippen molar-refractivity contribution >= 4 is 5.52 Å². The monoisotopic (exact) mass is 264 g/mol. The van der Waals surface area contributed by atoms with Crippen LogP contribution in [0.1, 0.15) is 30.9 Å². The molecule has 0 spiro atoms. The Morgan fingerprint density at radius 2 is 1.80 bits per heavy atom. The zero-order chi connectivity index (χ0) is 14.1. The molecular formula is C18H20N2. The van der Waals surface area contributed by atoms with Gasteiger partial charge in [0.25, 0.3) is 0 Å². The Morgan fingerprint density at radius 3 is 2.45 bits per heavy atom. The molecule has 1 aromatic carbocycles. The van der Waals surface area contributed by atoms with Gasteiger partial charge in [0.05, 0.1) is 5.52 Å². The van der Waals surface area contributed by atoms with E-state index in [9.17, 15) is 0 Å². The Labute approximate surface area is 119 Å². The highest BCUT2D eigenvalue weighted by atomic mass is 14.9. The lowest BCUT2D eigenvalue weighted by Crippen LogP contribution is -1.97. The van der Waals surface area contributed by atoms with Crippen LogP contribution in [0.5, 0.6) is 0 Å². The van der Waals surface area contributed by atoms with Crippen molar-refractivity contribution in [3.8, 4) is 11.1 Å². The molecule has 0 radical (unpaired) electrons. The van der Waals surface area contributed by atoms with Crippen LogP contribution in [0.4, 0.5) is 0 Å². The third-order valence-corrected chi connectivity index (χ3v) is 3.89. The molecule has 0 bridgehead atoms. The summed E-state index contributed by atoms with van der Waals surface area (Å²) < 4.78 is 2.15. The number of hydrogen-bond acceptors (Lipinski definition) is 1. The molecule has 0 aliphatic rings. The Hall–Kier alpha value is -2.06. The van der Waals surface area contributed by atoms with E-state index >= 15 is 0 Å². The zero-order valence-corrected chi connectivity index (χ0v) is 12.0. The molecule has 2 aromatic heterocycles. The second-order valence-corrected chi connectivity index (χ2v) is 5.50. The van der Waals surface area contributed by atoms with Crippen molar-refractivity contribution in [2.45, 2.75) is 26.3 Å². The molecule has 2 heterocycles. The van der Waals surface area contributed by atoms with Gasteiger partial charge in [0.1, 0.15) is 0 Å². The Morgan fingerprint density at radius 1 is 1.05 bits per heavy atom. The average molecular weight is 264 g/mol. The molecule has 0 atom stereocenters. The summed E-state index contributed by atoms with van der Waals surface area (Å²) in [4.78, 5) is 0. The largest absolute Gasteiger partial charge is 0.326 e. The lowest BCUT2D eigenvalue weighted by Gasteiger charge is -2.07. The second-order valence-electron chi connectivity index (χ2n) is 5.50. The van der Waals surface area contributed by atoms with Crippen LogP contribution < -0.4 is 5.73 Å². The molecule has 20 heavy (non-hydrogen) atoms. The van der Waals surface area contributed by atoms with Gasteiger partial charge >= 0.3 is 0 Å². The first kappa shape index (κ1) is 12.9. The van der Waals surface area contributed by atoms with Crippen molar-refractivity contribution < 1.29 is 0 Å². The summed E-state index contributed by atoms with van der Waals surface area (Å²) in [5, 5.41) is 0. The fraction of sp³-hybridized carbons (Fsp3) is 0.222. The summed E-state index contributed by atoms with van der Waals surface area (Å²) in [6, 6.07) is 15.0. The number of fused-ring (bicyclic) bond motifs is 1. The fourth-order valence-corrected chi connectivity index (χ4v) is 2.69. The van der Waals surface area contributed by atoms with Gasteiger partial charge in [-0.3, -0.25) is 0 Å². The van der Waals surface area contributed by atoms with Gasteiger partial charge in [0.15, 0.2) is 0 Å². The number of hydrogen-bond donors (Lipinski definition) is 1. The molecule has 3 rings (SSSR count). The topological polar surface area (TPSA) is 30.4 Å². The lowest BCUT2D eigenvalue weighted by atomic mass is 9.98. The first-order chi connectivity index (χ1) is 9.70. The van der Waals surface area contributed by atoms with E-state index in [1.54, 1.807) is 0 Å². The van der Waals surface area contributed by atoms with Crippen LogP contribution in [0.15, 0.2) is 54.9 Å². The number of rotatable bonds is 3. The van der Waals surface area contributed by atoms with E-state index in [1.165, 1.54) is 27.8 Å². The van der Waals surface area contributed by atoms with Gasteiger partial charge in [0, 0.05) is 24.5 Å². The highest BCUT2D eigenvalue weighted by Crippen LogP contribution is 2.29. The van der Waals surface area contributed by atoms with Crippen LogP contribution >= 0.6 is 0 Å². The third-order valence-electron chi connectivity index (χ3n) is 3.89. The standard InChI is InChI=1S/C18H20N2/c1-13(2)14-6-8-15(9-7-14)17-12-20-10-4-3-5-18(20)16(17)11-19/h3-10,12-13H,11,19H2,1-2H3. The summed E-state index contributed by atoms with van der Waals surface area (Å²) >= 11 is 0. The van der Waals surface area contributed by atoms with Crippen molar-refractivity contribution in [2.75, 3.05) is 0 Å². The van der Waals surface area contributed by atoms with Crippen molar-refractivity contribution in [1.82, 2.24) is 4.40 Å². The van der Waals surface area contributed by atoms with Crippen LogP contribution in [0, 0.1) is 0 Å². The molecule has 102 valence electrons. The van der Waals surface area contributed by atoms with Crippen molar-refractivity contribution in [1.29, 1.82) is 0 Å². The predicted molar refractivity (Wildman–Crippen MR) is 84.8 cm³/mol. The molecule has 0 fully saturated rings. The molecule has 3 aromatic rings. The first-order valence-electron chi connectivity index (χ1n) is 7.09. The van der Waals surface area contributed by atoms with Crippen LogP contribution in [0.2, 0.25) is 0 Å². The molecule has 0 unspecified atom stereocenters. The number of benzene rings is 1. The maximum atomic E-state index is 5.96. The summed E-state index contributed by atoms with van der Waals surface area (Å²) in [7, 11) is 0. The SMILES string of the molecule is CC(C)c1ccc(-c2cn3ccccc3c2CN)cc1. The van der Waals surface area contributed by atoms with E-state index < -0.39 is 0 Å². The number of nitrogens with two attached hydrogens (primary N) is 1. The minimum atomic E-state index is 0.557. The fourth-order valence-electron chi connectivity index (χ4n) is 2.69. The first-order valence-corrected chi connectivity index (χ1v) is 7.09. The van der Waals surface area contributed by atoms with Crippen molar-refractivity contribution in [2.24, 2.45) is 5.73 Å². The summed E-state index contributed by atoms with van der Waals surface area (Å²) in [5.41, 5.74) is 12.2. The summed E-state index contributed by atoms with van der Waals surface area (Å²) in [6.45, 7) is 4.99. The van der Waals surface area contributed by atoms with Crippen molar-refractivity contribution in [3.05, 3.63) is 66.0 Å². The van der Waals surface area contributed by atoms with Gasteiger partial charge in [-0.15, -0.1) is 0 Å². The molecule has 0 saturated carbocycles. The van der Waals surface area contributed by atoms with Crippen LogP contribution in [-0.2, 0) is 6.54 Å². The zero-order valence-electron chi connectivity index (χ0n) is 12.0. The molecular weight excluding hydrogens is 244 g/mol. The highest BCUT2D eigenvalue weighted by molar-refractivity contribution is 5.76. The third kappa shape index (κ3) is 2.12. The van der Waals surface area contributed by atoms with Gasteiger partial charge in [-0.05, 0) is 34.7 Å². The molecule has 0 amide bonds. The molecule has 0 aliphatic carbocycles. The summed E-state index contributed by atoms with van der Waals surface area (Å²) in [6.07, 6.45) is 4.24. The van der Waals surface area contributed by atoms with E-state index in [2.05, 4.69) is 67.0 Å². The quantitative estimate of drug-likeness (QED) is 0.755. The van der Waals surface area contributed by atoms with Gasteiger partial charge < -0.3 is 10.1 Å². The molecule has 2 nitrogen and oxygen atoms in total. The average Bonchev–Trinajstić information content (AvgIpc) is 2.85. The van der Waals surface area contributed by atoms with E-state index in [4.69, 9.17) is 5.73 Å². The normalized spacial score (nSPS) is 11.4. The van der Waals surface area contributed by atoms with Gasteiger partial charge in [-0.2, -0.15) is 0 Å². The number of pyridine rings is 1.